The summed E-state index contributed by atoms with van der Waals surface area (Å²) in [6, 6.07) is -0.205. The minimum Gasteiger partial charge on any atom is -0.375 e. The van der Waals surface area contributed by atoms with Crippen LogP contribution in [0, 0.1) is 5.92 Å². The Balaban J connectivity index is 1.46. The van der Waals surface area contributed by atoms with E-state index in [0.717, 1.165) is 58.4 Å². The molecule has 0 aromatic heterocycles. The summed E-state index contributed by atoms with van der Waals surface area (Å²) in [5.74, 6) is 1.02. The highest BCUT2D eigenvalue weighted by Gasteiger charge is 2.34. The maximum atomic E-state index is 12.6. The van der Waals surface area contributed by atoms with Gasteiger partial charge in [-0.25, -0.2) is 0 Å². The molecule has 0 saturated carbocycles. The first kappa shape index (κ1) is 16.7. The van der Waals surface area contributed by atoms with E-state index in [9.17, 15) is 9.59 Å². The van der Waals surface area contributed by atoms with Crippen molar-refractivity contribution in [3.63, 3.8) is 0 Å². The van der Waals surface area contributed by atoms with E-state index < -0.39 is 0 Å². The molecule has 3 fully saturated rings. The molecule has 3 aliphatic heterocycles. The van der Waals surface area contributed by atoms with Gasteiger partial charge in [-0.15, -0.1) is 0 Å². The third kappa shape index (κ3) is 4.04. The molecule has 3 aliphatic rings. The maximum absolute atomic E-state index is 12.6. The van der Waals surface area contributed by atoms with Gasteiger partial charge < -0.3 is 19.9 Å². The van der Waals surface area contributed by atoms with Gasteiger partial charge in [-0.3, -0.25) is 9.59 Å². The molecule has 3 rings (SSSR count). The highest BCUT2D eigenvalue weighted by atomic mass is 16.5. The van der Waals surface area contributed by atoms with Crippen LogP contribution in [0.1, 0.15) is 39.0 Å². The van der Waals surface area contributed by atoms with Gasteiger partial charge in [0.25, 0.3) is 0 Å². The molecule has 3 heterocycles. The lowest BCUT2D eigenvalue weighted by Gasteiger charge is -2.39. The molecule has 130 valence electrons. The number of morpholine rings is 1. The zero-order valence-electron chi connectivity index (χ0n) is 14.1. The topological polar surface area (TPSA) is 61.9 Å². The van der Waals surface area contributed by atoms with Crippen LogP contribution >= 0.6 is 0 Å². The Kier molecular flexibility index (Phi) is 5.54. The van der Waals surface area contributed by atoms with Crippen LogP contribution in [-0.4, -0.2) is 73.1 Å². The summed E-state index contributed by atoms with van der Waals surface area (Å²) in [6.07, 6.45) is 4.82. The van der Waals surface area contributed by atoms with Crippen LogP contribution in [0.25, 0.3) is 0 Å². The average molecular weight is 323 g/mol. The number of nitrogens with zero attached hydrogens (tertiary/aromatic N) is 2. The molecular formula is C17H29N3O3. The van der Waals surface area contributed by atoms with Crippen molar-refractivity contribution in [3.8, 4) is 0 Å². The molecule has 0 unspecified atom stereocenters. The van der Waals surface area contributed by atoms with Crippen molar-refractivity contribution in [2.75, 3.05) is 39.3 Å². The maximum Gasteiger partial charge on any atom is 0.242 e. The minimum atomic E-state index is -0.205. The van der Waals surface area contributed by atoms with E-state index in [2.05, 4.69) is 5.32 Å². The first-order chi connectivity index (χ1) is 11.1. The minimum absolute atomic E-state index is 0.0556. The Morgan fingerprint density at radius 3 is 2.74 bits per heavy atom. The number of likely N-dealkylation sites (tertiary alicyclic amines) is 2. The molecule has 0 spiro atoms. The molecule has 1 N–H and O–H groups in total. The predicted molar refractivity (Wildman–Crippen MR) is 86.9 cm³/mol. The largest absolute Gasteiger partial charge is 0.375 e. The van der Waals surface area contributed by atoms with Gasteiger partial charge in [0.15, 0.2) is 0 Å². The molecule has 0 radical (unpaired) electrons. The van der Waals surface area contributed by atoms with Crippen LogP contribution in [0.5, 0.6) is 0 Å². The number of carbonyl (C=O) groups excluding carboxylic acids is 2. The monoisotopic (exact) mass is 323 g/mol. The molecule has 0 aromatic carbocycles. The molecule has 23 heavy (non-hydrogen) atoms. The zero-order chi connectivity index (χ0) is 16.2. The van der Waals surface area contributed by atoms with Crippen molar-refractivity contribution in [2.24, 2.45) is 5.92 Å². The fraction of sp³-hybridized carbons (Fsp3) is 0.882. The van der Waals surface area contributed by atoms with E-state index in [0.29, 0.717) is 24.9 Å². The Bertz CT molecular complexity index is 435. The number of amides is 2. The molecule has 0 aliphatic carbocycles. The summed E-state index contributed by atoms with van der Waals surface area (Å²) in [4.78, 5) is 28.6. The lowest BCUT2D eigenvalue weighted by Crippen LogP contribution is -2.57. The van der Waals surface area contributed by atoms with Crippen LogP contribution in [0.4, 0.5) is 0 Å². The quantitative estimate of drug-likeness (QED) is 0.827. The van der Waals surface area contributed by atoms with Gasteiger partial charge in [-0.2, -0.15) is 0 Å². The number of ether oxygens (including phenoxy) is 1. The van der Waals surface area contributed by atoms with Gasteiger partial charge in [0, 0.05) is 39.1 Å². The third-order valence-corrected chi connectivity index (χ3v) is 5.41. The van der Waals surface area contributed by atoms with Crippen LogP contribution in [-0.2, 0) is 14.3 Å². The van der Waals surface area contributed by atoms with E-state index in [1.54, 1.807) is 0 Å². The number of piperidine rings is 2. The van der Waals surface area contributed by atoms with Gasteiger partial charge >= 0.3 is 0 Å². The fourth-order valence-electron chi connectivity index (χ4n) is 3.91. The van der Waals surface area contributed by atoms with E-state index >= 15 is 0 Å². The second-order valence-corrected chi connectivity index (χ2v) is 7.07. The SMILES string of the molecule is C[C@H]1OCCN[C@@H]1C(=O)N1CCC(CN2CCCCC2=O)CC1. The summed E-state index contributed by atoms with van der Waals surface area (Å²) in [6.45, 7) is 6.78. The molecule has 6 heteroatoms. The Labute approximate surface area is 138 Å². The highest BCUT2D eigenvalue weighted by Crippen LogP contribution is 2.22. The van der Waals surface area contributed by atoms with Gasteiger partial charge in [-0.1, -0.05) is 0 Å². The normalized spacial score (nSPS) is 30.6. The smallest absolute Gasteiger partial charge is 0.242 e. The van der Waals surface area contributed by atoms with Crippen molar-refractivity contribution in [1.82, 2.24) is 15.1 Å². The van der Waals surface area contributed by atoms with Crippen LogP contribution < -0.4 is 5.32 Å². The third-order valence-electron chi connectivity index (χ3n) is 5.41. The standard InChI is InChI=1S/C17H29N3O3/c1-13-16(18-7-11-23-13)17(22)19-9-5-14(6-10-19)12-20-8-3-2-4-15(20)21/h13-14,16,18H,2-12H2,1H3/t13-,16+/m1/s1. The van der Waals surface area contributed by atoms with Crippen molar-refractivity contribution >= 4 is 11.8 Å². The number of rotatable bonds is 3. The molecule has 2 atom stereocenters. The summed E-state index contributed by atoms with van der Waals surface area (Å²) in [7, 11) is 0. The molecular weight excluding hydrogens is 294 g/mol. The highest BCUT2D eigenvalue weighted by molar-refractivity contribution is 5.82. The molecule has 0 aromatic rings. The predicted octanol–water partition coefficient (Wildman–Crippen LogP) is 0.614. The number of hydrogen-bond acceptors (Lipinski definition) is 4. The van der Waals surface area contributed by atoms with Crippen molar-refractivity contribution in [2.45, 2.75) is 51.2 Å². The zero-order valence-corrected chi connectivity index (χ0v) is 14.1. The van der Waals surface area contributed by atoms with Crippen molar-refractivity contribution in [3.05, 3.63) is 0 Å². The first-order valence-corrected chi connectivity index (χ1v) is 9.06. The molecule has 3 saturated heterocycles. The number of carbonyl (C=O) groups is 2. The Morgan fingerprint density at radius 2 is 2.04 bits per heavy atom. The van der Waals surface area contributed by atoms with Crippen LogP contribution in [0.3, 0.4) is 0 Å². The number of nitrogens with one attached hydrogen (secondary N) is 1. The summed E-state index contributed by atoms with van der Waals surface area (Å²) in [5.41, 5.74) is 0. The Morgan fingerprint density at radius 1 is 1.26 bits per heavy atom. The van der Waals surface area contributed by atoms with Crippen molar-refractivity contribution < 1.29 is 14.3 Å². The van der Waals surface area contributed by atoms with E-state index in [1.165, 1.54) is 0 Å². The Hall–Kier alpha value is -1.14. The lowest BCUT2D eigenvalue weighted by molar-refractivity contribution is -0.142. The first-order valence-electron chi connectivity index (χ1n) is 9.06. The van der Waals surface area contributed by atoms with Gasteiger partial charge in [0.2, 0.25) is 11.8 Å². The van der Waals surface area contributed by atoms with E-state index in [1.807, 2.05) is 16.7 Å². The molecule has 0 bridgehead atoms. The lowest BCUT2D eigenvalue weighted by atomic mass is 9.94. The molecule has 6 nitrogen and oxygen atoms in total. The van der Waals surface area contributed by atoms with Crippen LogP contribution in [0.2, 0.25) is 0 Å². The second-order valence-electron chi connectivity index (χ2n) is 7.07. The second kappa shape index (κ2) is 7.62. The van der Waals surface area contributed by atoms with Gasteiger partial charge in [0.1, 0.15) is 6.04 Å². The summed E-state index contributed by atoms with van der Waals surface area (Å²) < 4.78 is 5.58. The summed E-state index contributed by atoms with van der Waals surface area (Å²) in [5, 5.41) is 3.28. The average Bonchev–Trinajstić information content (AvgIpc) is 2.57. The molecule has 2 amide bonds. The van der Waals surface area contributed by atoms with Crippen molar-refractivity contribution in [1.29, 1.82) is 0 Å². The fourth-order valence-corrected chi connectivity index (χ4v) is 3.91. The number of hydrogen-bond donors (Lipinski definition) is 1. The van der Waals surface area contributed by atoms with E-state index in [4.69, 9.17) is 4.74 Å². The van der Waals surface area contributed by atoms with Gasteiger partial charge in [0.05, 0.1) is 12.7 Å². The van der Waals surface area contributed by atoms with E-state index in [-0.39, 0.29) is 18.1 Å². The van der Waals surface area contributed by atoms with Crippen LogP contribution in [0.15, 0.2) is 0 Å². The summed E-state index contributed by atoms with van der Waals surface area (Å²) >= 11 is 0. The van der Waals surface area contributed by atoms with Gasteiger partial charge in [-0.05, 0) is 38.5 Å².